The highest BCUT2D eigenvalue weighted by molar-refractivity contribution is 7.80. The van der Waals surface area contributed by atoms with E-state index in [1.165, 1.54) is 31.5 Å². The largest absolute Gasteiger partial charge is 0.369 e. The summed E-state index contributed by atoms with van der Waals surface area (Å²) in [5.41, 5.74) is 1.13. The van der Waals surface area contributed by atoms with Crippen LogP contribution in [0.2, 0.25) is 0 Å². The van der Waals surface area contributed by atoms with Crippen LogP contribution in [0.1, 0.15) is 12.8 Å². The van der Waals surface area contributed by atoms with E-state index in [1.807, 2.05) is 12.1 Å². The predicted octanol–water partition coefficient (Wildman–Crippen LogP) is 2.66. The number of halogens is 1. The van der Waals surface area contributed by atoms with Crippen molar-refractivity contribution >= 4 is 18.3 Å². The highest BCUT2D eigenvalue weighted by Crippen LogP contribution is 2.17. The zero-order valence-corrected chi connectivity index (χ0v) is 11.6. The first kappa shape index (κ1) is 13.7. The van der Waals surface area contributed by atoms with Gasteiger partial charge in [-0.25, -0.2) is 4.39 Å². The molecule has 1 heterocycles. The van der Waals surface area contributed by atoms with Gasteiger partial charge in [-0.15, -0.1) is 0 Å². The molecule has 0 atom stereocenters. The Morgan fingerprint density at radius 1 is 1.00 bits per heavy atom. The third-order valence-corrected chi connectivity index (χ3v) is 3.76. The van der Waals surface area contributed by atoms with Crippen LogP contribution in [0.3, 0.4) is 0 Å². The van der Waals surface area contributed by atoms with Crippen LogP contribution in [0, 0.1) is 5.82 Å². The van der Waals surface area contributed by atoms with Crippen molar-refractivity contribution in [2.75, 3.05) is 43.4 Å². The molecule has 1 aliphatic rings. The van der Waals surface area contributed by atoms with E-state index in [2.05, 4.69) is 22.4 Å². The molecule has 0 bridgehead atoms. The van der Waals surface area contributed by atoms with E-state index in [0.717, 1.165) is 37.6 Å². The summed E-state index contributed by atoms with van der Waals surface area (Å²) in [6.07, 6.45) is 2.43. The van der Waals surface area contributed by atoms with Gasteiger partial charge in [-0.05, 0) is 49.4 Å². The van der Waals surface area contributed by atoms with Gasteiger partial charge < -0.3 is 4.90 Å². The molecule has 4 heteroatoms. The van der Waals surface area contributed by atoms with Crippen LogP contribution in [0.5, 0.6) is 0 Å². The van der Waals surface area contributed by atoms with Crippen molar-refractivity contribution in [3.8, 4) is 0 Å². The average molecular weight is 268 g/mol. The standard InChI is InChI=1S/C14H21FN2S/c15-13-3-5-14(6-4-13)17-10-8-16(9-11-17)7-1-2-12-18/h3-6,18H,1-2,7-12H2. The molecule has 2 rings (SSSR count). The molecule has 0 saturated carbocycles. The van der Waals surface area contributed by atoms with Gasteiger partial charge in [-0.3, -0.25) is 4.90 Å². The third kappa shape index (κ3) is 3.89. The molecule has 0 aliphatic carbocycles. The fourth-order valence-corrected chi connectivity index (χ4v) is 2.55. The smallest absolute Gasteiger partial charge is 0.123 e. The molecule has 0 radical (unpaired) electrons. The second-order valence-corrected chi connectivity index (χ2v) is 5.18. The first-order valence-electron chi connectivity index (χ1n) is 6.63. The number of piperazine rings is 1. The second-order valence-electron chi connectivity index (χ2n) is 4.74. The average Bonchev–Trinajstić information content (AvgIpc) is 2.41. The Labute approximate surface area is 114 Å². The molecule has 0 aromatic heterocycles. The van der Waals surface area contributed by atoms with Gasteiger partial charge >= 0.3 is 0 Å². The monoisotopic (exact) mass is 268 g/mol. The molecule has 0 amide bonds. The van der Waals surface area contributed by atoms with Gasteiger partial charge in [0.05, 0.1) is 0 Å². The van der Waals surface area contributed by atoms with Gasteiger partial charge in [0.15, 0.2) is 0 Å². The van der Waals surface area contributed by atoms with Crippen molar-refractivity contribution in [3.63, 3.8) is 0 Å². The molecule has 0 N–H and O–H groups in total. The minimum absolute atomic E-state index is 0.163. The summed E-state index contributed by atoms with van der Waals surface area (Å²) in [6.45, 7) is 5.45. The Balaban J connectivity index is 1.77. The Bertz CT molecular complexity index is 347. The van der Waals surface area contributed by atoms with Crippen LogP contribution in [0.25, 0.3) is 0 Å². The van der Waals surface area contributed by atoms with Gasteiger partial charge in [-0.2, -0.15) is 12.6 Å². The molecule has 1 fully saturated rings. The van der Waals surface area contributed by atoms with E-state index < -0.39 is 0 Å². The van der Waals surface area contributed by atoms with E-state index in [4.69, 9.17) is 0 Å². The van der Waals surface area contributed by atoms with E-state index in [1.54, 1.807) is 0 Å². The first-order chi connectivity index (χ1) is 8.79. The molecular formula is C14H21FN2S. The summed E-state index contributed by atoms with van der Waals surface area (Å²) < 4.78 is 12.9. The van der Waals surface area contributed by atoms with Crippen molar-refractivity contribution in [1.29, 1.82) is 0 Å². The number of nitrogens with zero attached hydrogens (tertiary/aromatic N) is 2. The molecule has 0 spiro atoms. The van der Waals surface area contributed by atoms with Gasteiger partial charge in [0.25, 0.3) is 0 Å². The summed E-state index contributed by atoms with van der Waals surface area (Å²) in [4.78, 5) is 4.83. The summed E-state index contributed by atoms with van der Waals surface area (Å²) in [5.74, 6) is 0.819. The van der Waals surface area contributed by atoms with E-state index in [0.29, 0.717) is 0 Å². The molecule has 18 heavy (non-hydrogen) atoms. The number of benzene rings is 1. The maximum absolute atomic E-state index is 12.9. The lowest BCUT2D eigenvalue weighted by molar-refractivity contribution is 0.254. The molecule has 1 aromatic rings. The Morgan fingerprint density at radius 3 is 2.28 bits per heavy atom. The van der Waals surface area contributed by atoms with E-state index >= 15 is 0 Å². The van der Waals surface area contributed by atoms with Crippen LogP contribution >= 0.6 is 12.6 Å². The van der Waals surface area contributed by atoms with Crippen LogP contribution < -0.4 is 4.90 Å². The van der Waals surface area contributed by atoms with Crippen LogP contribution in [0.15, 0.2) is 24.3 Å². The highest BCUT2D eigenvalue weighted by Gasteiger charge is 2.16. The van der Waals surface area contributed by atoms with Crippen molar-refractivity contribution < 1.29 is 4.39 Å². The number of rotatable bonds is 5. The molecule has 1 aliphatic heterocycles. The van der Waals surface area contributed by atoms with Crippen LogP contribution in [-0.4, -0.2) is 43.4 Å². The third-order valence-electron chi connectivity index (χ3n) is 3.45. The SMILES string of the molecule is Fc1ccc(N2CCN(CCCCS)CC2)cc1. The maximum atomic E-state index is 12.9. The molecule has 100 valence electrons. The van der Waals surface area contributed by atoms with Gasteiger partial charge in [0.1, 0.15) is 5.82 Å². The first-order valence-corrected chi connectivity index (χ1v) is 7.26. The number of anilines is 1. The number of hydrogen-bond donors (Lipinski definition) is 1. The van der Waals surface area contributed by atoms with Crippen molar-refractivity contribution in [2.24, 2.45) is 0 Å². The van der Waals surface area contributed by atoms with Gasteiger partial charge in [0, 0.05) is 31.9 Å². The minimum atomic E-state index is -0.163. The molecular weight excluding hydrogens is 247 g/mol. The van der Waals surface area contributed by atoms with Crippen LogP contribution in [0.4, 0.5) is 10.1 Å². The maximum Gasteiger partial charge on any atom is 0.123 e. The fraction of sp³-hybridized carbons (Fsp3) is 0.571. The predicted molar refractivity (Wildman–Crippen MR) is 78.1 cm³/mol. The van der Waals surface area contributed by atoms with E-state index in [-0.39, 0.29) is 5.82 Å². The molecule has 1 aromatic carbocycles. The van der Waals surface area contributed by atoms with Crippen molar-refractivity contribution in [3.05, 3.63) is 30.1 Å². The lowest BCUT2D eigenvalue weighted by atomic mass is 10.2. The summed E-state index contributed by atoms with van der Waals surface area (Å²) in [5, 5.41) is 0. The molecule has 2 nitrogen and oxygen atoms in total. The second kappa shape index (κ2) is 7.00. The zero-order valence-electron chi connectivity index (χ0n) is 10.7. The van der Waals surface area contributed by atoms with E-state index in [9.17, 15) is 4.39 Å². The lowest BCUT2D eigenvalue weighted by Gasteiger charge is -2.36. The minimum Gasteiger partial charge on any atom is -0.369 e. The highest BCUT2D eigenvalue weighted by atomic mass is 32.1. The quantitative estimate of drug-likeness (QED) is 0.648. The zero-order chi connectivity index (χ0) is 12.8. The Hall–Kier alpha value is -0.740. The Kier molecular flexibility index (Phi) is 5.32. The van der Waals surface area contributed by atoms with Gasteiger partial charge in [-0.1, -0.05) is 0 Å². The summed E-state index contributed by atoms with van der Waals surface area (Å²) in [6, 6.07) is 6.81. The number of unbranched alkanes of at least 4 members (excludes halogenated alkanes) is 1. The van der Waals surface area contributed by atoms with Crippen molar-refractivity contribution in [2.45, 2.75) is 12.8 Å². The van der Waals surface area contributed by atoms with Crippen molar-refractivity contribution in [1.82, 2.24) is 4.90 Å². The normalized spacial score (nSPS) is 17.1. The topological polar surface area (TPSA) is 6.48 Å². The number of thiol groups is 1. The summed E-state index contributed by atoms with van der Waals surface area (Å²) in [7, 11) is 0. The fourth-order valence-electron chi connectivity index (χ4n) is 2.33. The molecule has 0 unspecified atom stereocenters. The lowest BCUT2D eigenvalue weighted by Crippen LogP contribution is -2.46. The number of hydrogen-bond acceptors (Lipinski definition) is 3. The van der Waals surface area contributed by atoms with Gasteiger partial charge in [0.2, 0.25) is 0 Å². The Morgan fingerprint density at radius 2 is 1.67 bits per heavy atom. The van der Waals surface area contributed by atoms with Crippen LogP contribution in [-0.2, 0) is 0 Å². The summed E-state index contributed by atoms with van der Waals surface area (Å²) >= 11 is 4.23. The molecule has 1 saturated heterocycles.